The van der Waals surface area contributed by atoms with Crippen LogP contribution in [-0.4, -0.2) is 15.5 Å². The van der Waals surface area contributed by atoms with Crippen molar-refractivity contribution in [2.24, 2.45) is 0 Å². The Morgan fingerprint density at radius 2 is 2.00 bits per heavy atom. The van der Waals surface area contributed by atoms with Crippen LogP contribution in [0.1, 0.15) is 58.2 Å². The molecule has 1 heterocycles. The first-order chi connectivity index (χ1) is 8.61. The first-order valence-corrected chi connectivity index (χ1v) is 7.03. The molecular formula is C14H24N4. The standard InChI is InChI=1S/C14H24N4/c1-3-7-12-16-11(15)10-13(17-12)18-14(2)8-5-4-6-9-14/h10H,3-9H2,1-2H3,(H3,15,16,17,18). The highest BCUT2D eigenvalue weighted by molar-refractivity contribution is 5.46. The molecule has 0 saturated heterocycles. The van der Waals surface area contributed by atoms with Crippen LogP contribution < -0.4 is 11.1 Å². The van der Waals surface area contributed by atoms with E-state index in [0.29, 0.717) is 5.82 Å². The van der Waals surface area contributed by atoms with E-state index in [1.54, 1.807) is 0 Å². The van der Waals surface area contributed by atoms with Crippen LogP contribution >= 0.6 is 0 Å². The molecule has 1 aliphatic carbocycles. The van der Waals surface area contributed by atoms with Crippen LogP contribution in [0, 0.1) is 0 Å². The summed E-state index contributed by atoms with van der Waals surface area (Å²) in [6.07, 6.45) is 8.29. The lowest BCUT2D eigenvalue weighted by Crippen LogP contribution is -2.37. The number of nitrogens with two attached hydrogens (primary N) is 1. The van der Waals surface area contributed by atoms with Gasteiger partial charge in [0.25, 0.3) is 0 Å². The molecule has 1 aromatic heterocycles. The molecule has 0 atom stereocenters. The highest BCUT2D eigenvalue weighted by Gasteiger charge is 2.26. The van der Waals surface area contributed by atoms with Crippen molar-refractivity contribution in [3.8, 4) is 0 Å². The summed E-state index contributed by atoms with van der Waals surface area (Å²) < 4.78 is 0. The van der Waals surface area contributed by atoms with Crippen LogP contribution in [0.15, 0.2) is 6.07 Å². The van der Waals surface area contributed by atoms with E-state index in [2.05, 4.69) is 29.1 Å². The molecule has 18 heavy (non-hydrogen) atoms. The first kappa shape index (κ1) is 13.1. The fourth-order valence-corrected chi connectivity index (χ4v) is 2.68. The van der Waals surface area contributed by atoms with E-state index in [0.717, 1.165) is 24.5 Å². The second kappa shape index (κ2) is 5.55. The van der Waals surface area contributed by atoms with Crippen LogP contribution in [-0.2, 0) is 6.42 Å². The Morgan fingerprint density at radius 1 is 1.28 bits per heavy atom. The molecule has 0 amide bonds. The Kier molecular flexibility index (Phi) is 4.04. The molecular weight excluding hydrogens is 224 g/mol. The van der Waals surface area contributed by atoms with Gasteiger partial charge in [0, 0.05) is 18.0 Å². The smallest absolute Gasteiger partial charge is 0.133 e. The minimum absolute atomic E-state index is 0.169. The summed E-state index contributed by atoms with van der Waals surface area (Å²) in [7, 11) is 0. The van der Waals surface area contributed by atoms with Crippen LogP contribution in [0.25, 0.3) is 0 Å². The zero-order valence-corrected chi connectivity index (χ0v) is 11.5. The predicted molar refractivity (Wildman–Crippen MR) is 75.6 cm³/mol. The van der Waals surface area contributed by atoms with Gasteiger partial charge in [0.1, 0.15) is 17.5 Å². The number of nitrogens with zero attached hydrogens (tertiary/aromatic N) is 2. The van der Waals surface area contributed by atoms with Gasteiger partial charge in [-0.1, -0.05) is 26.2 Å². The molecule has 0 aliphatic heterocycles. The Hall–Kier alpha value is -1.32. The van der Waals surface area contributed by atoms with Crippen LogP contribution in [0.5, 0.6) is 0 Å². The van der Waals surface area contributed by atoms with Crippen molar-refractivity contribution in [3.63, 3.8) is 0 Å². The summed E-state index contributed by atoms with van der Waals surface area (Å²) in [5.74, 6) is 2.30. The summed E-state index contributed by atoms with van der Waals surface area (Å²) in [5, 5.41) is 3.57. The highest BCUT2D eigenvalue weighted by Crippen LogP contribution is 2.30. The maximum Gasteiger partial charge on any atom is 0.133 e. The van der Waals surface area contributed by atoms with Crippen LogP contribution in [0.3, 0.4) is 0 Å². The second-order valence-electron chi connectivity index (χ2n) is 5.59. The van der Waals surface area contributed by atoms with Crippen molar-refractivity contribution >= 4 is 11.6 Å². The van der Waals surface area contributed by atoms with E-state index in [-0.39, 0.29) is 5.54 Å². The minimum Gasteiger partial charge on any atom is -0.384 e. The quantitative estimate of drug-likeness (QED) is 0.859. The van der Waals surface area contributed by atoms with E-state index >= 15 is 0 Å². The van der Waals surface area contributed by atoms with Gasteiger partial charge in [-0.25, -0.2) is 9.97 Å². The fraction of sp³-hybridized carbons (Fsp3) is 0.714. The third-order valence-electron chi connectivity index (χ3n) is 3.65. The van der Waals surface area contributed by atoms with Gasteiger partial charge < -0.3 is 11.1 Å². The maximum atomic E-state index is 5.85. The normalized spacial score (nSPS) is 18.6. The molecule has 2 rings (SSSR count). The molecule has 0 spiro atoms. The van der Waals surface area contributed by atoms with Gasteiger partial charge in [0.05, 0.1) is 0 Å². The third kappa shape index (κ3) is 3.34. The summed E-state index contributed by atoms with van der Waals surface area (Å²) in [6, 6.07) is 1.85. The lowest BCUT2D eigenvalue weighted by molar-refractivity contribution is 0.348. The van der Waals surface area contributed by atoms with Crippen molar-refractivity contribution in [2.75, 3.05) is 11.1 Å². The van der Waals surface area contributed by atoms with Gasteiger partial charge in [-0.3, -0.25) is 0 Å². The third-order valence-corrected chi connectivity index (χ3v) is 3.65. The predicted octanol–water partition coefficient (Wildman–Crippen LogP) is 3.15. The molecule has 3 N–H and O–H groups in total. The lowest BCUT2D eigenvalue weighted by Gasteiger charge is -2.35. The second-order valence-corrected chi connectivity index (χ2v) is 5.59. The average molecular weight is 248 g/mol. The molecule has 4 nitrogen and oxygen atoms in total. The summed E-state index contributed by atoms with van der Waals surface area (Å²) in [6.45, 7) is 4.41. The number of aryl methyl sites for hydroxylation is 1. The van der Waals surface area contributed by atoms with E-state index in [4.69, 9.17) is 5.73 Å². The molecule has 100 valence electrons. The summed E-state index contributed by atoms with van der Waals surface area (Å²) in [4.78, 5) is 8.83. The molecule has 1 saturated carbocycles. The van der Waals surface area contributed by atoms with Crippen molar-refractivity contribution in [1.29, 1.82) is 0 Å². The summed E-state index contributed by atoms with van der Waals surface area (Å²) in [5.41, 5.74) is 6.02. The zero-order valence-electron chi connectivity index (χ0n) is 11.5. The van der Waals surface area contributed by atoms with Gasteiger partial charge in [-0.15, -0.1) is 0 Å². The number of rotatable bonds is 4. The molecule has 0 radical (unpaired) electrons. The SMILES string of the molecule is CCCc1nc(N)cc(NC2(C)CCCCC2)n1. The molecule has 0 bridgehead atoms. The number of anilines is 2. The molecule has 1 aliphatic rings. The van der Waals surface area contributed by atoms with E-state index in [1.165, 1.54) is 32.1 Å². The van der Waals surface area contributed by atoms with Crippen molar-refractivity contribution in [2.45, 2.75) is 64.3 Å². The molecule has 0 aromatic carbocycles. The number of hydrogen-bond acceptors (Lipinski definition) is 4. The van der Waals surface area contributed by atoms with Gasteiger partial charge in [-0.2, -0.15) is 0 Å². The number of hydrogen-bond donors (Lipinski definition) is 2. The Labute approximate surface area is 109 Å². The number of nitrogens with one attached hydrogen (secondary N) is 1. The molecule has 1 fully saturated rings. The molecule has 0 unspecified atom stereocenters. The van der Waals surface area contributed by atoms with Gasteiger partial charge in [0.15, 0.2) is 0 Å². The average Bonchev–Trinajstić information content (AvgIpc) is 2.28. The Morgan fingerprint density at radius 3 is 2.67 bits per heavy atom. The molecule has 4 heteroatoms. The lowest BCUT2D eigenvalue weighted by atomic mass is 9.83. The topological polar surface area (TPSA) is 63.8 Å². The van der Waals surface area contributed by atoms with E-state index in [1.807, 2.05) is 6.07 Å². The minimum atomic E-state index is 0.169. The van der Waals surface area contributed by atoms with Crippen LogP contribution in [0.4, 0.5) is 11.6 Å². The molecule has 1 aromatic rings. The van der Waals surface area contributed by atoms with Crippen LogP contribution in [0.2, 0.25) is 0 Å². The van der Waals surface area contributed by atoms with Gasteiger partial charge >= 0.3 is 0 Å². The highest BCUT2D eigenvalue weighted by atomic mass is 15.1. The van der Waals surface area contributed by atoms with Gasteiger partial charge in [0.2, 0.25) is 0 Å². The largest absolute Gasteiger partial charge is 0.384 e. The van der Waals surface area contributed by atoms with Crippen molar-refractivity contribution in [1.82, 2.24) is 9.97 Å². The first-order valence-electron chi connectivity index (χ1n) is 7.03. The van der Waals surface area contributed by atoms with E-state index in [9.17, 15) is 0 Å². The number of aromatic nitrogens is 2. The van der Waals surface area contributed by atoms with Crippen molar-refractivity contribution < 1.29 is 0 Å². The fourth-order valence-electron chi connectivity index (χ4n) is 2.68. The van der Waals surface area contributed by atoms with E-state index < -0.39 is 0 Å². The Balaban J connectivity index is 2.12. The van der Waals surface area contributed by atoms with Gasteiger partial charge in [-0.05, 0) is 26.2 Å². The number of nitrogen functional groups attached to an aromatic ring is 1. The monoisotopic (exact) mass is 248 g/mol. The maximum absolute atomic E-state index is 5.85. The van der Waals surface area contributed by atoms with Crippen molar-refractivity contribution in [3.05, 3.63) is 11.9 Å². The Bertz CT molecular complexity index is 397. The zero-order chi connectivity index (χ0) is 13.0. The summed E-state index contributed by atoms with van der Waals surface area (Å²) >= 11 is 0.